The van der Waals surface area contributed by atoms with Gasteiger partial charge in [0.25, 0.3) is 23.0 Å². The molecule has 0 unspecified atom stereocenters. The zero-order valence-corrected chi connectivity index (χ0v) is 12.8. The number of rotatable bonds is 6. The van der Waals surface area contributed by atoms with Crippen molar-refractivity contribution in [3.63, 3.8) is 0 Å². The van der Waals surface area contributed by atoms with Crippen LogP contribution in [0.25, 0.3) is 0 Å². The van der Waals surface area contributed by atoms with E-state index >= 15 is 0 Å². The lowest BCUT2D eigenvalue weighted by Gasteiger charge is -2.01. The fourth-order valence-corrected chi connectivity index (χ4v) is 1.93. The highest BCUT2D eigenvalue weighted by Crippen LogP contribution is 2.22. The molecule has 2 aromatic carbocycles. The van der Waals surface area contributed by atoms with Gasteiger partial charge in [0.2, 0.25) is 0 Å². The van der Waals surface area contributed by atoms with Gasteiger partial charge in [-0.15, -0.1) is 0 Å². The fraction of sp³-hybridized carbons (Fsp3) is 0. The molecule has 0 aliphatic rings. The quantitative estimate of drug-likeness (QED) is 0.467. The molecule has 0 aromatic heterocycles. The van der Waals surface area contributed by atoms with Crippen LogP contribution in [-0.4, -0.2) is 26.9 Å². The molecule has 12 nitrogen and oxygen atoms in total. The van der Waals surface area contributed by atoms with Crippen LogP contribution < -0.4 is 5.43 Å². The lowest BCUT2D eigenvalue weighted by atomic mass is 10.1. The van der Waals surface area contributed by atoms with Crippen LogP contribution in [0, 0.1) is 30.3 Å². The minimum Gasteiger partial charge on any atom is -0.267 e. The van der Waals surface area contributed by atoms with Crippen LogP contribution in [-0.2, 0) is 0 Å². The van der Waals surface area contributed by atoms with Crippen molar-refractivity contribution in [1.82, 2.24) is 5.43 Å². The Kier molecular flexibility index (Phi) is 5.27. The van der Waals surface area contributed by atoms with E-state index in [9.17, 15) is 35.1 Å². The fourth-order valence-electron chi connectivity index (χ4n) is 1.93. The average Bonchev–Trinajstić information content (AvgIpc) is 2.61. The molecular weight excluding hydrogens is 350 g/mol. The van der Waals surface area contributed by atoms with Gasteiger partial charge >= 0.3 is 0 Å². The van der Waals surface area contributed by atoms with E-state index in [-0.39, 0.29) is 16.8 Å². The second-order valence-electron chi connectivity index (χ2n) is 4.77. The van der Waals surface area contributed by atoms with Crippen LogP contribution in [0.3, 0.4) is 0 Å². The number of nitro benzene ring substituents is 3. The maximum absolute atomic E-state index is 12.0. The van der Waals surface area contributed by atoms with Gasteiger partial charge < -0.3 is 0 Å². The highest BCUT2D eigenvalue weighted by molar-refractivity contribution is 5.96. The molecule has 26 heavy (non-hydrogen) atoms. The van der Waals surface area contributed by atoms with Crippen LogP contribution in [0.5, 0.6) is 0 Å². The Balaban J connectivity index is 2.24. The molecular formula is C14H9N5O7. The number of hydrazone groups is 1. The number of nitro groups is 3. The summed E-state index contributed by atoms with van der Waals surface area (Å²) in [4.78, 5) is 42.1. The third-order valence-electron chi connectivity index (χ3n) is 3.09. The topological polar surface area (TPSA) is 171 Å². The first kappa shape index (κ1) is 18.1. The molecule has 2 aromatic rings. The van der Waals surface area contributed by atoms with Crippen molar-refractivity contribution >= 4 is 29.2 Å². The second kappa shape index (κ2) is 7.57. The number of non-ortho nitro benzene ring substituents is 2. The number of amides is 1. The Hall–Kier alpha value is -4.22. The van der Waals surface area contributed by atoms with Gasteiger partial charge in [-0.2, -0.15) is 5.10 Å². The molecule has 0 spiro atoms. The van der Waals surface area contributed by atoms with Crippen LogP contribution in [0.4, 0.5) is 17.1 Å². The van der Waals surface area contributed by atoms with Crippen molar-refractivity contribution in [2.45, 2.75) is 0 Å². The molecule has 0 aliphatic carbocycles. The second-order valence-corrected chi connectivity index (χ2v) is 4.77. The summed E-state index contributed by atoms with van der Waals surface area (Å²) in [6, 6.07) is 8.04. The SMILES string of the molecule is O=C(N/N=C\c1ccccc1[N+](=O)[O-])c1cc([N+](=O)[O-])cc([N+](=O)[O-])c1. The summed E-state index contributed by atoms with van der Waals surface area (Å²) in [7, 11) is 0. The van der Waals surface area contributed by atoms with Gasteiger partial charge in [-0.3, -0.25) is 35.1 Å². The molecule has 0 fully saturated rings. The zero-order chi connectivity index (χ0) is 19.3. The lowest BCUT2D eigenvalue weighted by molar-refractivity contribution is -0.394. The minimum atomic E-state index is -0.952. The number of hydrogen-bond donors (Lipinski definition) is 1. The smallest absolute Gasteiger partial charge is 0.267 e. The Labute approximate surface area is 144 Å². The number of nitrogens with one attached hydrogen (secondary N) is 1. The van der Waals surface area contributed by atoms with E-state index in [1.807, 2.05) is 5.43 Å². The number of para-hydroxylation sites is 1. The summed E-state index contributed by atoms with van der Waals surface area (Å²) in [6.45, 7) is 0. The van der Waals surface area contributed by atoms with E-state index in [1.54, 1.807) is 0 Å². The predicted octanol–water partition coefficient (Wildman–Crippen LogP) is 2.18. The van der Waals surface area contributed by atoms with Gasteiger partial charge in [0.15, 0.2) is 0 Å². The molecule has 0 aliphatic heterocycles. The molecule has 0 saturated heterocycles. The van der Waals surface area contributed by atoms with E-state index in [1.165, 1.54) is 24.3 Å². The number of hydrogen-bond acceptors (Lipinski definition) is 8. The number of carbonyl (C=O) groups is 1. The maximum atomic E-state index is 12.0. The Bertz CT molecular complexity index is 909. The number of carbonyl (C=O) groups excluding carboxylic acids is 1. The van der Waals surface area contributed by atoms with E-state index in [2.05, 4.69) is 5.10 Å². The lowest BCUT2D eigenvalue weighted by Crippen LogP contribution is -2.18. The summed E-state index contributed by atoms with van der Waals surface area (Å²) < 4.78 is 0. The molecule has 0 heterocycles. The normalized spacial score (nSPS) is 10.5. The first-order chi connectivity index (χ1) is 12.3. The Morgan fingerprint density at radius 2 is 1.50 bits per heavy atom. The molecule has 132 valence electrons. The van der Waals surface area contributed by atoms with Crippen LogP contribution in [0.15, 0.2) is 47.6 Å². The van der Waals surface area contributed by atoms with E-state index in [0.29, 0.717) is 6.07 Å². The van der Waals surface area contributed by atoms with E-state index in [4.69, 9.17) is 0 Å². The monoisotopic (exact) mass is 359 g/mol. The molecule has 12 heteroatoms. The minimum absolute atomic E-state index is 0.114. The predicted molar refractivity (Wildman–Crippen MR) is 87.9 cm³/mol. The van der Waals surface area contributed by atoms with Crippen molar-refractivity contribution in [2.24, 2.45) is 5.10 Å². The largest absolute Gasteiger partial charge is 0.278 e. The first-order valence-corrected chi connectivity index (χ1v) is 6.80. The van der Waals surface area contributed by atoms with Gasteiger partial charge in [-0.25, -0.2) is 5.43 Å². The zero-order valence-electron chi connectivity index (χ0n) is 12.8. The van der Waals surface area contributed by atoms with Crippen molar-refractivity contribution in [3.05, 3.63) is 83.9 Å². The van der Waals surface area contributed by atoms with Crippen molar-refractivity contribution in [1.29, 1.82) is 0 Å². The summed E-state index contributed by atoms with van der Waals surface area (Å²) in [6.07, 6.45) is 1.02. The molecule has 0 saturated carbocycles. The van der Waals surface area contributed by atoms with Crippen molar-refractivity contribution in [3.8, 4) is 0 Å². The van der Waals surface area contributed by atoms with Crippen molar-refractivity contribution in [2.75, 3.05) is 0 Å². The molecule has 2 rings (SSSR count). The van der Waals surface area contributed by atoms with E-state index in [0.717, 1.165) is 18.3 Å². The Morgan fingerprint density at radius 1 is 0.923 bits per heavy atom. The van der Waals surface area contributed by atoms with E-state index < -0.39 is 32.1 Å². The third-order valence-corrected chi connectivity index (χ3v) is 3.09. The van der Waals surface area contributed by atoms with Crippen LogP contribution in [0.1, 0.15) is 15.9 Å². The maximum Gasteiger partial charge on any atom is 0.278 e. The van der Waals surface area contributed by atoms with Gasteiger partial charge in [-0.1, -0.05) is 12.1 Å². The van der Waals surface area contributed by atoms with Crippen LogP contribution in [0.2, 0.25) is 0 Å². The molecule has 0 radical (unpaired) electrons. The van der Waals surface area contributed by atoms with Gasteiger partial charge in [0, 0.05) is 18.2 Å². The standard InChI is InChI=1S/C14H9N5O7/c20-14(10-5-11(17(21)22)7-12(6-10)18(23)24)16-15-8-9-3-1-2-4-13(9)19(25)26/h1-8H,(H,16,20)/b15-8-. The summed E-state index contributed by atoms with van der Waals surface area (Å²) in [5.41, 5.74) is 0.262. The molecule has 0 atom stereocenters. The summed E-state index contributed by atoms with van der Waals surface area (Å²) in [5.74, 6) is -0.952. The highest BCUT2D eigenvalue weighted by atomic mass is 16.6. The van der Waals surface area contributed by atoms with Gasteiger partial charge in [0.1, 0.15) is 0 Å². The molecule has 1 N–H and O–H groups in total. The summed E-state index contributed by atoms with van der Waals surface area (Å²) >= 11 is 0. The third kappa shape index (κ3) is 4.19. The van der Waals surface area contributed by atoms with Gasteiger partial charge in [0.05, 0.1) is 38.2 Å². The Morgan fingerprint density at radius 3 is 2.04 bits per heavy atom. The van der Waals surface area contributed by atoms with Gasteiger partial charge in [-0.05, 0) is 6.07 Å². The first-order valence-electron chi connectivity index (χ1n) is 6.80. The average molecular weight is 359 g/mol. The molecule has 0 bridgehead atoms. The number of nitrogens with zero attached hydrogens (tertiary/aromatic N) is 4. The summed E-state index contributed by atoms with van der Waals surface area (Å²) in [5, 5.41) is 36.0. The molecule has 1 amide bonds. The van der Waals surface area contributed by atoms with Crippen LogP contribution >= 0.6 is 0 Å². The highest BCUT2D eigenvalue weighted by Gasteiger charge is 2.19. The van der Waals surface area contributed by atoms with Crippen molar-refractivity contribution < 1.29 is 19.6 Å². The number of benzene rings is 2.